The van der Waals surface area contributed by atoms with Crippen LogP contribution in [0.2, 0.25) is 0 Å². The van der Waals surface area contributed by atoms with E-state index in [9.17, 15) is 9.59 Å². The molecule has 7 nitrogen and oxygen atoms in total. The van der Waals surface area contributed by atoms with Crippen molar-refractivity contribution in [1.82, 2.24) is 9.78 Å². The monoisotopic (exact) mass is 274 g/mol. The molecule has 0 saturated carbocycles. The Bertz CT molecular complexity index is 663. The van der Waals surface area contributed by atoms with Gasteiger partial charge in [0.25, 0.3) is 0 Å². The van der Waals surface area contributed by atoms with Crippen LogP contribution in [0.4, 0.5) is 16.3 Å². The van der Waals surface area contributed by atoms with Crippen molar-refractivity contribution in [3.05, 3.63) is 41.6 Å². The number of nitrogens with one attached hydrogen (secondary N) is 2. The number of hydrogen-bond donors (Lipinski definition) is 3. The maximum absolute atomic E-state index is 11.7. The highest BCUT2D eigenvalue weighted by Crippen LogP contribution is 2.15. The Kier molecular flexibility index (Phi) is 3.69. The fraction of sp³-hybridized carbons (Fsp3) is 0.154. The minimum absolute atomic E-state index is 0.209. The van der Waals surface area contributed by atoms with Crippen molar-refractivity contribution < 1.29 is 14.7 Å². The van der Waals surface area contributed by atoms with Gasteiger partial charge in [-0.25, -0.2) is 9.59 Å². The first kappa shape index (κ1) is 13.6. The van der Waals surface area contributed by atoms with Crippen LogP contribution in [-0.2, 0) is 7.05 Å². The third kappa shape index (κ3) is 3.14. The number of carbonyl (C=O) groups is 2. The van der Waals surface area contributed by atoms with Crippen molar-refractivity contribution in [3.8, 4) is 0 Å². The van der Waals surface area contributed by atoms with Crippen LogP contribution in [0.15, 0.2) is 30.5 Å². The number of rotatable bonds is 3. The van der Waals surface area contributed by atoms with Crippen molar-refractivity contribution >= 4 is 23.5 Å². The number of benzene rings is 1. The molecule has 7 heteroatoms. The topological polar surface area (TPSA) is 96.3 Å². The van der Waals surface area contributed by atoms with Gasteiger partial charge in [0.05, 0.1) is 5.56 Å². The summed E-state index contributed by atoms with van der Waals surface area (Å²) >= 11 is 0. The smallest absolute Gasteiger partial charge is 0.335 e. The highest BCUT2D eigenvalue weighted by molar-refractivity contribution is 5.99. The van der Waals surface area contributed by atoms with Gasteiger partial charge in [-0.2, -0.15) is 5.10 Å². The van der Waals surface area contributed by atoms with E-state index >= 15 is 0 Å². The molecule has 0 aliphatic rings. The van der Waals surface area contributed by atoms with E-state index in [1.807, 2.05) is 0 Å². The van der Waals surface area contributed by atoms with Crippen LogP contribution in [0.25, 0.3) is 0 Å². The Hall–Kier alpha value is -2.83. The van der Waals surface area contributed by atoms with Crippen LogP contribution in [-0.4, -0.2) is 26.9 Å². The zero-order valence-corrected chi connectivity index (χ0v) is 11.0. The molecule has 0 aliphatic heterocycles. The fourth-order valence-electron chi connectivity index (χ4n) is 1.74. The predicted molar refractivity (Wildman–Crippen MR) is 74.0 cm³/mol. The quantitative estimate of drug-likeness (QED) is 0.798. The van der Waals surface area contributed by atoms with Gasteiger partial charge in [0.15, 0.2) is 5.82 Å². The van der Waals surface area contributed by atoms with Crippen molar-refractivity contribution in [2.75, 3.05) is 10.6 Å². The van der Waals surface area contributed by atoms with E-state index in [-0.39, 0.29) is 5.56 Å². The molecule has 20 heavy (non-hydrogen) atoms. The maximum Gasteiger partial charge on any atom is 0.335 e. The van der Waals surface area contributed by atoms with Gasteiger partial charge in [-0.05, 0) is 30.7 Å². The molecule has 2 amide bonds. The van der Waals surface area contributed by atoms with Gasteiger partial charge in [-0.15, -0.1) is 0 Å². The number of carboxylic acid groups (broad SMARTS) is 1. The third-order valence-electron chi connectivity index (χ3n) is 2.67. The van der Waals surface area contributed by atoms with Gasteiger partial charge in [0.2, 0.25) is 0 Å². The Balaban J connectivity index is 2.04. The van der Waals surface area contributed by atoms with Gasteiger partial charge in [-0.1, -0.05) is 0 Å². The zero-order valence-electron chi connectivity index (χ0n) is 11.0. The van der Waals surface area contributed by atoms with E-state index in [1.54, 1.807) is 37.0 Å². The summed E-state index contributed by atoms with van der Waals surface area (Å²) in [6.45, 7) is 1.67. The van der Waals surface area contributed by atoms with E-state index < -0.39 is 12.0 Å². The summed E-state index contributed by atoms with van der Waals surface area (Å²) in [4.78, 5) is 22.6. The Morgan fingerprint density at radius 3 is 2.55 bits per heavy atom. The van der Waals surface area contributed by atoms with Crippen molar-refractivity contribution in [3.63, 3.8) is 0 Å². The van der Waals surface area contributed by atoms with Crippen LogP contribution < -0.4 is 10.6 Å². The second kappa shape index (κ2) is 5.43. The minimum Gasteiger partial charge on any atom is -0.478 e. The molecule has 0 radical (unpaired) electrons. The van der Waals surface area contributed by atoms with Gasteiger partial charge in [0.1, 0.15) is 0 Å². The van der Waals surface area contributed by atoms with E-state index in [0.717, 1.165) is 0 Å². The first-order valence-electron chi connectivity index (χ1n) is 5.87. The standard InChI is InChI=1S/C13H14N4O3/c1-8-7-9(3-4-10(8)12(18)19)14-13(20)15-11-5-6-17(2)16-11/h3-7H,1-2H3,(H,18,19)(H2,14,15,16,20). The summed E-state index contributed by atoms with van der Waals surface area (Å²) in [6, 6.07) is 5.81. The molecule has 0 atom stereocenters. The number of carbonyl (C=O) groups excluding carboxylic acids is 1. The molecule has 0 spiro atoms. The SMILES string of the molecule is Cc1cc(NC(=O)Nc2ccn(C)n2)ccc1C(=O)O. The summed E-state index contributed by atoms with van der Waals surface area (Å²) < 4.78 is 1.57. The van der Waals surface area contributed by atoms with E-state index in [0.29, 0.717) is 17.1 Å². The lowest BCUT2D eigenvalue weighted by molar-refractivity contribution is 0.0696. The molecule has 1 heterocycles. The van der Waals surface area contributed by atoms with Crippen LogP contribution in [0.5, 0.6) is 0 Å². The number of anilines is 2. The number of aryl methyl sites for hydroxylation is 2. The van der Waals surface area contributed by atoms with Gasteiger partial charge >= 0.3 is 12.0 Å². The average Bonchev–Trinajstić information content (AvgIpc) is 2.74. The van der Waals surface area contributed by atoms with Gasteiger partial charge in [0, 0.05) is 25.0 Å². The molecule has 0 fully saturated rings. The van der Waals surface area contributed by atoms with Crippen LogP contribution >= 0.6 is 0 Å². The summed E-state index contributed by atoms with van der Waals surface area (Å²) in [5, 5.41) is 18.1. The molecular formula is C13H14N4O3. The Labute approximate surface area is 115 Å². The molecule has 2 aromatic rings. The zero-order chi connectivity index (χ0) is 14.7. The molecule has 3 N–H and O–H groups in total. The van der Waals surface area contributed by atoms with Gasteiger partial charge in [-0.3, -0.25) is 10.00 Å². The molecule has 0 aliphatic carbocycles. The number of carboxylic acids is 1. The number of nitrogens with zero attached hydrogens (tertiary/aromatic N) is 2. The van der Waals surface area contributed by atoms with Crippen molar-refractivity contribution in [2.45, 2.75) is 6.92 Å². The lowest BCUT2D eigenvalue weighted by atomic mass is 10.1. The van der Waals surface area contributed by atoms with Crippen LogP contribution in [0.1, 0.15) is 15.9 Å². The molecule has 1 aromatic carbocycles. The summed E-state index contributed by atoms with van der Waals surface area (Å²) in [5.41, 5.74) is 1.30. The van der Waals surface area contributed by atoms with E-state index in [2.05, 4.69) is 15.7 Å². The highest BCUT2D eigenvalue weighted by Gasteiger charge is 2.09. The minimum atomic E-state index is -0.994. The number of amides is 2. The second-order valence-electron chi connectivity index (χ2n) is 4.29. The summed E-state index contributed by atoms with van der Waals surface area (Å²) in [7, 11) is 1.75. The van der Waals surface area contributed by atoms with E-state index in [1.165, 1.54) is 12.1 Å². The Morgan fingerprint density at radius 1 is 1.25 bits per heavy atom. The highest BCUT2D eigenvalue weighted by atomic mass is 16.4. The first-order valence-corrected chi connectivity index (χ1v) is 5.87. The molecule has 0 unspecified atom stereocenters. The number of urea groups is 1. The fourth-order valence-corrected chi connectivity index (χ4v) is 1.74. The van der Waals surface area contributed by atoms with Gasteiger partial charge < -0.3 is 10.4 Å². The molecular weight excluding hydrogens is 260 g/mol. The van der Waals surface area contributed by atoms with E-state index in [4.69, 9.17) is 5.11 Å². The summed E-state index contributed by atoms with van der Waals surface area (Å²) in [5.74, 6) is -0.559. The first-order chi connectivity index (χ1) is 9.45. The number of hydrogen-bond acceptors (Lipinski definition) is 3. The van der Waals surface area contributed by atoms with Crippen LogP contribution in [0, 0.1) is 6.92 Å². The third-order valence-corrected chi connectivity index (χ3v) is 2.67. The van der Waals surface area contributed by atoms with Crippen molar-refractivity contribution in [2.24, 2.45) is 7.05 Å². The van der Waals surface area contributed by atoms with Crippen molar-refractivity contribution in [1.29, 1.82) is 0 Å². The molecule has 2 rings (SSSR count). The predicted octanol–water partition coefficient (Wildman–Crippen LogP) is 2.07. The average molecular weight is 274 g/mol. The molecule has 0 bridgehead atoms. The lowest BCUT2D eigenvalue weighted by Gasteiger charge is -2.08. The normalized spacial score (nSPS) is 10.1. The molecule has 1 aromatic heterocycles. The number of aromatic nitrogens is 2. The Morgan fingerprint density at radius 2 is 2.00 bits per heavy atom. The van der Waals surface area contributed by atoms with Crippen LogP contribution in [0.3, 0.4) is 0 Å². The molecule has 0 saturated heterocycles. The lowest BCUT2D eigenvalue weighted by Crippen LogP contribution is -2.20. The number of aromatic carboxylic acids is 1. The molecule has 104 valence electrons. The summed E-state index contributed by atoms with van der Waals surface area (Å²) in [6.07, 6.45) is 1.71. The maximum atomic E-state index is 11.7. The second-order valence-corrected chi connectivity index (χ2v) is 4.29. The largest absolute Gasteiger partial charge is 0.478 e.